The highest BCUT2D eigenvalue weighted by molar-refractivity contribution is 5.94. The van der Waals surface area contributed by atoms with Crippen molar-refractivity contribution in [2.75, 3.05) is 0 Å². The second kappa shape index (κ2) is 18.5. The van der Waals surface area contributed by atoms with Crippen LogP contribution in [-0.4, -0.2) is 81.2 Å². The lowest BCUT2D eigenvalue weighted by Gasteiger charge is -2.36. The van der Waals surface area contributed by atoms with Crippen molar-refractivity contribution in [3.05, 3.63) is 152 Å². The van der Waals surface area contributed by atoms with Gasteiger partial charge in [-0.1, -0.05) is 53.6 Å². The molecular weight excluding hydrogens is 957 g/mol. The highest BCUT2D eigenvalue weighted by Gasteiger charge is 2.45. The molecule has 6 aliphatic rings. The van der Waals surface area contributed by atoms with Crippen LogP contribution in [0.5, 0.6) is 0 Å². The van der Waals surface area contributed by atoms with Gasteiger partial charge in [0.1, 0.15) is 46.8 Å². The van der Waals surface area contributed by atoms with E-state index in [1.54, 1.807) is 87.8 Å². The lowest BCUT2D eigenvalue weighted by molar-refractivity contribution is 0.0980. The summed E-state index contributed by atoms with van der Waals surface area (Å²) in [5.74, 6) is 13.4. The van der Waals surface area contributed by atoms with Crippen molar-refractivity contribution in [3.63, 3.8) is 0 Å². The summed E-state index contributed by atoms with van der Waals surface area (Å²) < 4.78 is 17.2. The van der Waals surface area contributed by atoms with Crippen LogP contribution in [0.25, 0.3) is 22.8 Å². The molecule has 0 radical (unpaired) electrons. The minimum Gasteiger partial charge on any atom is -0.380 e. The molecule has 75 heavy (non-hydrogen) atoms. The van der Waals surface area contributed by atoms with E-state index in [2.05, 4.69) is 54.2 Å². The van der Waals surface area contributed by atoms with E-state index in [1.165, 1.54) is 0 Å². The van der Waals surface area contributed by atoms with Gasteiger partial charge in [0, 0.05) is 73.0 Å². The van der Waals surface area contributed by atoms with Crippen LogP contribution in [-0.2, 0) is 25.3 Å². The molecule has 14 rings (SSSR count). The molecule has 6 aromatic heterocycles. The summed E-state index contributed by atoms with van der Waals surface area (Å²) in [5.41, 5.74) is 16.3. The van der Waals surface area contributed by atoms with E-state index in [0.717, 1.165) is 47.9 Å². The van der Waals surface area contributed by atoms with E-state index >= 15 is 0 Å². The van der Waals surface area contributed by atoms with E-state index in [-0.39, 0.29) is 30.9 Å². The summed E-state index contributed by atoms with van der Waals surface area (Å²) >= 11 is 0. The van der Waals surface area contributed by atoms with Crippen molar-refractivity contribution in [1.82, 2.24) is 49.0 Å². The highest BCUT2D eigenvalue weighted by atomic mass is 16.5. The number of imidazole rings is 2. The summed E-state index contributed by atoms with van der Waals surface area (Å²) in [6, 6.07) is 18.6. The van der Waals surface area contributed by atoms with Crippen LogP contribution in [0.1, 0.15) is 172 Å². The molecule has 4 bridgehead atoms. The molecule has 20 heteroatoms. The number of carbonyl (C=O) groups is 2. The Morgan fingerprint density at radius 3 is 1.36 bits per heavy atom. The summed E-state index contributed by atoms with van der Waals surface area (Å²) in [5, 5.41) is 60.5. The summed E-state index contributed by atoms with van der Waals surface area (Å²) in [4.78, 5) is 34.3. The van der Waals surface area contributed by atoms with Gasteiger partial charge in [-0.05, 0) is 113 Å². The van der Waals surface area contributed by atoms with Crippen molar-refractivity contribution < 1.29 is 39.1 Å². The first-order valence-corrected chi connectivity index (χ1v) is 24.1. The zero-order valence-corrected chi connectivity index (χ0v) is 41.3. The first-order valence-electron chi connectivity index (χ1n) is 24.1. The number of hydrogen-bond acceptors (Lipinski definition) is 14. The van der Waals surface area contributed by atoms with Gasteiger partial charge >= 0.3 is 0 Å². The molecule has 4 aliphatic heterocycles. The number of aryl methyl sites for hydroxylation is 4. The van der Waals surface area contributed by atoms with Gasteiger partial charge < -0.3 is 50.1 Å². The third-order valence-corrected chi connectivity index (χ3v) is 14.7. The Kier molecular flexibility index (Phi) is 12.4. The first kappa shape index (κ1) is 50.1. The Morgan fingerprint density at radius 2 is 1.04 bits per heavy atom. The van der Waals surface area contributed by atoms with Crippen molar-refractivity contribution in [2.24, 2.45) is 25.6 Å². The summed E-state index contributed by atoms with van der Waals surface area (Å²) in [6.45, 7) is 6.63. The van der Waals surface area contributed by atoms with Crippen molar-refractivity contribution >= 4 is 11.8 Å². The van der Waals surface area contributed by atoms with Gasteiger partial charge in [-0.25, -0.2) is 9.97 Å². The molecule has 384 valence electrons. The zero-order chi connectivity index (χ0) is 52.1. The number of benzene rings is 2. The molecule has 0 unspecified atom stereocenters. The number of aromatic nitrogens is 10. The zero-order valence-electron chi connectivity index (χ0n) is 41.3. The molecule has 8 N–H and O–H groups in total. The number of nitrogens with two attached hydrogens (primary N) is 2. The normalized spacial score (nSPS) is 19.7. The maximum atomic E-state index is 12.5. The van der Waals surface area contributed by atoms with Gasteiger partial charge in [-0.2, -0.15) is 10.2 Å². The molecule has 0 spiro atoms. The smallest absolute Gasteiger partial charge is 0.269 e. The number of carbonyl (C=O) groups excluding carboxylic acids is 2. The number of amides is 2. The fourth-order valence-electron chi connectivity index (χ4n) is 10.7. The van der Waals surface area contributed by atoms with Crippen molar-refractivity contribution in [3.8, 4) is 46.5 Å². The van der Waals surface area contributed by atoms with E-state index < -0.39 is 35.2 Å². The fourth-order valence-corrected chi connectivity index (χ4v) is 10.7. The van der Waals surface area contributed by atoms with Crippen molar-refractivity contribution in [1.29, 1.82) is 0 Å². The van der Waals surface area contributed by atoms with Crippen LogP contribution in [0, 0.1) is 37.5 Å². The van der Waals surface area contributed by atoms with E-state index in [4.69, 9.17) is 20.5 Å². The average molecular weight is 1010 g/mol. The van der Waals surface area contributed by atoms with Crippen LogP contribution in [0.2, 0.25) is 0 Å². The molecule has 0 saturated heterocycles. The van der Waals surface area contributed by atoms with Crippen LogP contribution in [0.15, 0.2) is 82.1 Å². The SMILES string of the molecule is C.Cc1cc([C@](C)(O)C#Cc2ccc3c(c2)-c2nc(C(N)=O)c([C@@H](O)c4ccnn4C)n2C2CC3C2)no1.Cc1cc([C@](C)(O)C#Cc2ccc3c(c2)-c2nc(C(N)=O)c([C@H](O)c4ccnn4C)n2C2CC3C2)no1. The van der Waals surface area contributed by atoms with Gasteiger partial charge in [-0.15, -0.1) is 0 Å². The van der Waals surface area contributed by atoms with Gasteiger partial charge in [0.05, 0.1) is 22.8 Å². The highest BCUT2D eigenvalue weighted by Crippen LogP contribution is 2.55. The third-order valence-electron chi connectivity index (χ3n) is 14.7. The topological polar surface area (TPSA) is 290 Å². The predicted octanol–water partition coefficient (Wildman–Crippen LogP) is 5.54. The molecule has 20 nitrogen and oxygen atoms in total. The Hall–Kier alpha value is -8.40. The van der Waals surface area contributed by atoms with Crippen LogP contribution >= 0.6 is 0 Å². The summed E-state index contributed by atoms with van der Waals surface area (Å²) in [7, 11) is 3.47. The maximum absolute atomic E-state index is 12.5. The number of hydrogen-bond donors (Lipinski definition) is 6. The number of rotatable bonds is 8. The van der Waals surface area contributed by atoms with Gasteiger partial charge in [-0.3, -0.25) is 19.0 Å². The van der Waals surface area contributed by atoms with Crippen LogP contribution < -0.4 is 11.5 Å². The van der Waals surface area contributed by atoms with E-state index in [0.29, 0.717) is 80.3 Å². The Labute approximate surface area is 431 Å². The third kappa shape index (κ3) is 8.61. The quantitative estimate of drug-likeness (QED) is 0.102. The monoisotopic (exact) mass is 1010 g/mol. The minimum absolute atomic E-state index is 0. The molecule has 8 aromatic rings. The lowest BCUT2D eigenvalue weighted by atomic mass is 9.75. The van der Waals surface area contributed by atoms with Gasteiger partial charge in [0.25, 0.3) is 11.8 Å². The predicted molar refractivity (Wildman–Crippen MR) is 271 cm³/mol. The number of aliphatic hydroxyl groups excluding tert-OH is 2. The van der Waals surface area contributed by atoms with Gasteiger partial charge in [0.15, 0.2) is 22.6 Å². The molecule has 2 aliphatic carbocycles. The largest absolute Gasteiger partial charge is 0.380 e. The molecule has 2 aromatic carbocycles. The molecule has 2 saturated carbocycles. The first-order chi connectivity index (χ1) is 35.3. The standard InChI is InChI=1S/2C27H26N6O4.CH4/c2*1-14-10-21(31-37-14)27(2,36)8-6-15-4-5-18-16-12-17(13-16)33-23(24(34)20-7-9-29-32(20)3)22(25(28)35)30-26(33)19(18)11-15;/h2*4-5,7,9-11,16-17,24,34,36H,12-13H2,1-3H3,(H2,28,35);1H4/t16?,17?,24-,27+;16?,17?,24-,27-;/m01./s1. The van der Waals surface area contributed by atoms with E-state index in [9.17, 15) is 30.0 Å². The number of primary amides is 2. The molecule has 10 heterocycles. The Balaban J connectivity index is 0.000000169. The maximum Gasteiger partial charge on any atom is 0.269 e. The van der Waals surface area contributed by atoms with Crippen molar-refractivity contribution in [2.45, 2.75) is 108 Å². The molecule has 2 amide bonds. The molecular formula is C55H56N12O8. The second-order valence-electron chi connectivity index (χ2n) is 19.9. The number of aliphatic hydroxyl groups is 4. The minimum atomic E-state index is -1.50. The Morgan fingerprint density at radius 1 is 0.653 bits per heavy atom. The number of nitrogens with zero attached hydrogens (tertiary/aromatic N) is 10. The molecule has 2 fully saturated rings. The van der Waals surface area contributed by atoms with Crippen LogP contribution in [0.4, 0.5) is 0 Å². The average Bonchev–Trinajstić information content (AvgIpc) is 4.21. The fraction of sp³-hybridized carbons (Fsp3) is 0.345. The van der Waals surface area contributed by atoms with E-state index in [1.807, 2.05) is 45.5 Å². The lowest BCUT2D eigenvalue weighted by Crippen LogP contribution is -2.27. The van der Waals surface area contributed by atoms with Gasteiger partial charge in [0.2, 0.25) is 0 Å². The van der Waals surface area contributed by atoms with Crippen LogP contribution in [0.3, 0.4) is 0 Å². The Bertz CT molecular complexity index is 3460. The second-order valence-corrected chi connectivity index (χ2v) is 19.9. The molecule has 4 atom stereocenters. The summed E-state index contributed by atoms with van der Waals surface area (Å²) in [6.07, 6.45) is 4.40.